The average Bonchev–Trinajstić information content (AvgIpc) is 3.46. The molecule has 0 saturated heterocycles. The molecule has 1 heterocycles. The second-order valence-electron chi connectivity index (χ2n) is 7.97. The fourth-order valence-electron chi connectivity index (χ4n) is 3.56. The highest BCUT2D eigenvalue weighted by Gasteiger charge is 2.41. The minimum atomic E-state index is -4.71. The Labute approximate surface area is 182 Å². The second-order valence-corrected chi connectivity index (χ2v) is 9.56. The van der Waals surface area contributed by atoms with Crippen molar-refractivity contribution in [2.24, 2.45) is 0 Å². The van der Waals surface area contributed by atoms with Gasteiger partial charge in [0.15, 0.2) is 5.16 Å². The molecule has 164 valence electrons. The van der Waals surface area contributed by atoms with Crippen molar-refractivity contribution >= 4 is 28.5 Å². The van der Waals surface area contributed by atoms with Gasteiger partial charge < -0.3 is 4.74 Å². The number of ether oxygens (including phenoxy) is 1. The lowest BCUT2D eigenvalue weighted by atomic mass is 9.99. The van der Waals surface area contributed by atoms with Crippen LogP contribution in [0.4, 0.5) is 13.2 Å². The van der Waals surface area contributed by atoms with Gasteiger partial charge in [0.1, 0.15) is 4.75 Å². The highest BCUT2D eigenvalue weighted by atomic mass is 32.2. The van der Waals surface area contributed by atoms with Gasteiger partial charge in [-0.15, -0.1) is 10.2 Å². The fraction of sp³-hybridized carbons (Fsp3) is 0.409. The third kappa shape index (κ3) is 4.15. The summed E-state index contributed by atoms with van der Waals surface area (Å²) in [4.78, 5) is 12.3. The summed E-state index contributed by atoms with van der Waals surface area (Å²) in [7, 11) is 0. The maximum Gasteiger partial charge on any atom is 0.452 e. The normalized spacial score (nSPS) is 14.8. The number of hydrogen-bond donors (Lipinski definition) is 0. The van der Waals surface area contributed by atoms with Crippen molar-refractivity contribution in [2.75, 3.05) is 6.61 Å². The van der Waals surface area contributed by atoms with Gasteiger partial charge in [0.25, 0.3) is 0 Å². The lowest BCUT2D eigenvalue weighted by Crippen LogP contribution is -2.30. The molecule has 0 atom stereocenters. The first kappa shape index (κ1) is 21.7. The molecule has 5 nitrogen and oxygen atoms in total. The number of carbonyl (C=O) groups is 1. The highest BCUT2D eigenvalue weighted by Crippen LogP contribution is 2.45. The van der Waals surface area contributed by atoms with Crippen LogP contribution in [-0.4, -0.2) is 32.1 Å². The summed E-state index contributed by atoms with van der Waals surface area (Å²) in [5, 5.41) is 8.85. The van der Waals surface area contributed by atoms with Crippen molar-refractivity contribution in [3.63, 3.8) is 0 Å². The first-order valence-corrected chi connectivity index (χ1v) is 10.9. The van der Waals surface area contributed by atoms with Crippen LogP contribution < -0.4 is 0 Å². The topological polar surface area (TPSA) is 57.0 Å². The molecule has 0 bridgehead atoms. The van der Waals surface area contributed by atoms with E-state index in [0.717, 1.165) is 40.1 Å². The van der Waals surface area contributed by atoms with Gasteiger partial charge in [-0.1, -0.05) is 42.1 Å². The summed E-state index contributed by atoms with van der Waals surface area (Å²) in [6.45, 7) is 5.04. The Morgan fingerprint density at radius 2 is 1.81 bits per heavy atom. The van der Waals surface area contributed by atoms with E-state index in [9.17, 15) is 18.0 Å². The third-order valence-corrected chi connectivity index (χ3v) is 6.32. The van der Waals surface area contributed by atoms with Gasteiger partial charge in [-0.2, -0.15) is 13.2 Å². The van der Waals surface area contributed by atoms with E-state index >= 15 is 0 Å². The maximum atomic E-state index is 13.9. The molecule has 1 aliphatic rings. The summed E-state index contributed by atoms with van der Waals surface area (Å²) in [6, 6.07) is 11.0. The number of hydrogen-bond acceptors (Lipinski definition) is 5. The molecule has 0 spiro atoms. The summed E-state index contributed by atoms with van der Waals surface area (Å²) in [5.41, 5.74) is 1.47. The van der Waals surface area contributed by atoms with Crippen molar-refractivity contribution < 1.29 is 22.7 Å². The van der Waals surface area contributed by atoms with Crippen molar-refractivity contribution in [3.05, 3.63) is 47.8 Å². The zero-order valence-corrected chi connectivity index (χ0v) is 18.2. The number of thioether (sulfide) groups is 1. The Morgan fingerprint density at radius 3 is 2.42 bits per heavy atom. The number of aromatic nitrogens is 3. The molecule has 1 aromatic heterocycles. The SMILES string of the molecule is CCOC(=O)C(C)(C)Sc1nnc(C(F)(F)F)n1-c1ccc(C2CC2)c2ccccc12. The van der Waals surface area contributed by atoms with E-state index in [1.165, 1.54) is 0 Å². The van der Waals surface area contributed by atoms with Crippen molar-refractivity contribution in [3.8, 4) is 5.69 Å². The van der Waals surface area contributed by atoms with Crippen molar-refractivity contribution in [1.29, 1.82) is 0 Å². The van der Waals surface area contributed by atoms with Crippen molar-refractivity contribution in [1.82, 2.24) is 14.8 Å². The fourth-order valence-corrected chi connectivity index (χ4v) is 4.52. The number of esters is 1. The average molecular weight is 449 g/mol. The van der Waals surface area contributed by atoms with Crippen LogP contribution in [0.1, 0.15) is 50.9 Å². The molecule has 0 aliphatic heterocycles. The van der Waals surface area contributed by atoms with Crippen LogP contribution in [0.2, 0.25) is 0 Å². The number of alkyl halides is 3. The first-order chi connectivity index (χ1) is 14.6. The molecule has 0 N–H and O–H groups in total. The van der Waals surface area contributed by atoms with Crippen LogP contribution in [0.3, 0.4) is 0 Å². The molecule has 0 unspecified atom stereocenters. The number of benzene rings is 2. The zero-order valence-electron chi connectivity index (χ0n) is 17.4. The van der Waals surface area contributed by atoms with E-state index in [-0.39, 0.29) is 11.8 Å². The minimum absolute atomic E-state index is 0.0188. The zero-order chi connectivity index (χ0) is 22.4. The number of rotatable bonds is 6. The van der Waals surface area contributed by atoms with Crippen molar-refractivity contribution in [2.45, 2.75) is 55.6 Å². The van der Waals surface area contributed by atoms with E-state index in [1.807, 2.05) is 24.3 Å². The molecule has 31 heavy (non-hydrogen) atoms. The maximum absolute atomic E-state index is 13.9. The minimum Gasteiger partial charge on any atom is -0.465 e. The number of halogens is 3. The van der Waals surface area contributed by atoms with Gasteiger partial charge in [0.2, 0.25) is 5.82 Å². The van der Waals surface area contributed by atoms with E-state index in [2.05, 4.69) is 10.2 Å². The van der Waals surface area contributed by atoms with E-state index in [0.29, 0.717) is 17.0 Å². The lowest BCUT2D eigenvalue weighted by molar-refractivity contribution is -0.146. The summed E-state index contributed by atoms with van der Waals surface area (Å²) in [6.07, 6.45) is -2.55. The van der Waals surface area contributed by atoms with Crippen LogP contribution in [0.15, 0.2) is 41.6 Å². The van der Waals surface area contributed by atoms with Crippen LogP contribution in [0.25, 0.3) is 16.5 Å². The molecule has 1 fully saturated rings. The molecule has 4 rings (SSSR count). The largest absolute Gasteiger partial charge is 0.465 e. The van der Waals surface area contributed by atoms with Crippen LogP contribution in [0.5, 0.6) is 0 Å². The number of fused-ring (bicyclic) bond motifs is 1. The molecule has 3 aromatic rings. The third-order valence-electron chi connectivity index (χ3n) is 5.19. The Bertz CT molecular complexity index is 1140. The van der Waals surface area contributed by atoms with E-state index in [1.54, 1.807) is 32.9 Å². The Balaban J connectivity index is 1.89. The van der Waals surface area contributed by atoms with Gasteiger partial charge in [-0.3, -0.25) is 9.36 Å². The number of carbonyl (C=O) groups excluding carboxylic acids is 1. The van der Waals surface area contributed by atoms with Crippen LogP contribution in [0, 0.1) is 0 Å². The molecule has 1 saturated carbocycles. The first-order valence-electron chi connectivity index (χ1n) is 10.0. The molecule has 9 heteroatoms. The lowest BCUT2D eigenvalue weighted by Gasteiger charge is -2.22. The quantitative estimate of drug-likeness (QED) is 0.354. The standard InChI is InChI=1S/C22H22F3N3O2S/c1-4-30-19(29)21(2,3)31-20-27-26-18(22(23,24)25)28(20)17-12-11-14(13-9-10-13)15-7-5-6-8-16(15)17/h5-8,11-13H,4,9-10H2,1-3H3. The van der Waals surface area contributed by atoms with Gasteiger partial charge in [0.05, 0.1) is 12.3 Å². The monoisotopic (exact) mass is 449 g/mol. The van der Waals surface area contributed by atoms with E-state index < -0.39 is 22.7 Å². The van der Waals surface area contributed by atoms with Gasteiger partial charge >= 0.3 is 12.1 Å². The summed E-state index contributed by atoms with van der Waals surface area (Å²) in [5.74, 6) is -1.21. The molecular formula is C22H22F3N3O2S. The predicted octanol–water partition coefficient (Wildman–Crippen LogP) is 5.75. The van der Waals surface area contributed by atoms with Gasteiger partial charge in [-0.05, 0) is 56.5 Å². The Morgan fingerprint density at radius 1 is 1.13 bits per heavy atom. The van der Waals surface area contributed by atoms with Crippen LogP contribution >= 0.6 is 11.8 Å². The molecule has 1 aliphatic carbocycles. The van der Waals surface area contributed by atoms with Crippen LogP contribution in [-0.2, 0) is 15.7 Å². The van der Waals surface area contributed by atoms with Gasteiger partial charge in [-0.25, -0.2) is 0 Å². The summed E-state index contributed by atoms with van der Waals surface area (Å²) < 4.78 is 46.5. The predicted molar refractivity (Wildman–Crippen MR) is 112 cm³/mol. The van der Waals surface area contributed by atoms with E-state index in [4.69, 9.17) is 4.74 Å². The molecular weight excluding hydrogens is 427 g/mol. The molecule has 0 amide bonds. The smallest absolute Gasteiger partial charge is 0.452 e. The molecule has 2 aromatic carbocycles. The highest BCUT2D eigenvalue weighted by molar-refractivity contribution is 8.01. The Kier molecular flexibility index (Phi) is 5.49. The second kappa shape index (κ2) is 7.85. The summed E-state index contributed by atoms with van der Waals surface area (Å²) >= 11 is 0.899. The molecule has 0 radical (unpaired) electrons. The number of nitrogens with zero attached hydrogens (tertiary/aromatic N) is 3. The van der Waals surface area contributed by atoms with Gasteiger partial charge in [0, 0.05) is 5.39 Å². The Hall–Kier alpha value is -2.55.